The highest BCUT2D eigenvalue weighted by Gasteiger charge is 2.00. The summed E-state index contributed by atoms with van der Waals surface area (Å²) >= 11 is 1.56. The molecule has 0 aliphatic heterocycles. The maximum Gasteiger partial charge on any atom is 0.211 e. The number of aromatic nitrogens is 2. The van der Waals surface area contributed by atoms with Gasteiger partial charge in [0.1, 0.15) is 5.52 Å². The number of hydrogen-bond acceptors (Lipinski definition) is 4. The Hall–Kier alpha value is -1.49. The first kappa shape index (κ1) is 9.08. The van der Waals surface area contributed by atoms with Crippen molar-refractivity contribution in [2.24, 2.45) is 4.99 Å². The lowest BCUT2D eigenvalue weighted by atomic mass is 10.5. The van der Waals surface area contributed by atoms with Crippen molar-refractivity contribution in [2.45, 2.75) is 0 Å². The number of hydrogen-bond donors (Lipinski definition) is 0. The van der Waals surface area contributed by atoms with Gasteiger partial charge in [-0.05, 0) is 6.07 Å². The van der Waals surface area contributed by atoms with Gasteiger partial charge >= 0.3 is 0 Å². The summed E-state index contributed by atoms with van der Waals surface area (Å²) in [7, 11) is 3.86. The minimum absolute atomic E-state index is 0.765. The number of pyridine rings is 1. The summed E-state index contributed by atoms with van der Waals surface area (Å²) in [6.07, 6.45) is 5.26. The first-order valence-electron chi connectivity index (χ1n) is 4.17. The van der Waals surface area contributed by atoms with E-state index in [0.717, 1.165) is 15.3 Å². The zero-order valence-electron chi connectivity index (χ0n) is 8.01. The fourth-order valence-corrected chi connectivity index (χ4v) is 1.76. The lowest BCUT2D eigenvalue weighted by Crippen LogP contribution is -2.06. The maximum absolute atomic E-state index is 4.32. The third kappa shape index (κ3) is 1.88. The van der Waals surface area contributed by atoms with Gasteiger partial charge in [-0.25, -0.2) is 9.98 Å². The Morgan fingerprint density at radius 2 is 2.36 bits per heavy atom. The number of nitrogens with zero attached hydrogens (tertiary/aromatic N) is 4. The van der Waals surface area contributed by atoms with Gasteiger partial charge in [0, 0.05) is 20.3 Å². The summed E-state index contributed by atoms with van der Waals surface area (Å²) < 4.78 is 1.12. The van der Waals surface area contributed by atoms with Crippen LogP contribution in [-0.4, -0.2) is 35.3 Å². The molecular formula is C9H10N4S. The quantitative estimate of drug-likeness (QED) is 0.556. The average molecular weight is 206 g/mol. The highest BCUT2D eigenvalue weighted by atomic mass is 32.1. The molecule has 2 aromatic heterocycles. The van der Waals surface area contributed by atoms with Crippen molar-refractivity contribution in [3.8, 4) is 0 Å². The molecule has 14 heavy (non-hydrogen) atoms. The van der Waals surface area contributed by atoms with Crippen molar-refractivity contribution in [2.75, 3.05) is 14.1 Å². The van der Waals surface area contributed by atoms with E-state index in [-0.39, 0.29) is 0 Å². The van der Waals surface area contributed by atoms with Gasteiger partial charge in [0.2, 0.25) is 5.13 Å². The van der Waals surface area contributed by atoms with Crippen molar-refractivity contribution in [1.82, 2.24) is 14.9 Å². The zero-order valence-corrected chi connectivity index (χ0v) is 8.82. The molecule has 0 saturated carbocycles. The molecule has 0 atom stereocenters. The summed E-state index contributed by atoms with van der Waals surface area (Å²) in [6.45, 7) is 0. The predicted octanol–water partition coefficient (Wildman–Crippen LogP) is 1.91. The minimum Gasteiger partial charge on any atom is -0.369 e. The normalized spacial score (nSPS) is 11.3. The molecule has 72 valence electrons. The summed E-state index contributed by atoms with van der Waals surface area (Å²) in [5, 5.41) is 0.765. The Morgan fingerprint density at radius 3 is 3.07 bits per heavy atom. The van der Waals surface area contributed by atoms with E-state index in [0.29, 0.717) is 0 Å². The van der Waals surface area contributed by atoms with Crippen LogP contribution in [0, 0.1) is 0 Å². The van der Waals surface area contributed by atoms with Gasteiger partial charge in [0.15, 0.2) is 0 Å². The van der Waals surface area contributed by atoms with E-state index in [4.69, 9.17) is 0 Å². The first-order chi connectivity index (χ1) is 6.75. The summed E-state index contributed by atoms with van der Waals surface area (Å²) in [5.41, 5.74) is 0.906. The van der Waals surface area contributed by atoms with Crippen LogP contribution < -0.4 is 0 Å². The Labute approximate surface area is 85.9 Å². The van der Waals surface area contributed by atoms with Gasteiger partial charge in [-0.1, -0.05) is 11.3 Å². The van der Waals surface area contributed by atoms with Crippen molar-refractivity contribution in [1.29, 1.82) is 0 Å². The SMILES string of the molecule is CN(C)C=Nc1nc2cnccc2s1. The summed E-state index contributed by atoms with van der Waals surface area (Å²) in [6, 6.07) is 1.95. The molecule has 4 nitrogen and oxygen atoms in total. The van der Waals surface area contributed by atoms with Crippen LogP contribution in [0.25, 0.3) is 10.2 Å². The van der Waals surface area contributed by atoms with Crippen molar-refractivity contribution in [3.63, 3.8) is 0 Å². The smallest absolute Gasteiger partial charge is 0.211 e. The molecule has 2 aromatic rings. The topological polar surface area (TPSA) is 41.4 Å². The third-order valence-corrected chi connectivity index (χ3v) is 2.52. The number of rotatable bonds is 2. The summed E-state index contributed by atoms with van der Waals surface area (Å²) in [5.74, 6) is 0. The van der Waals surface area contributed by atoms with Crippen LogP contribution in [0.2, 0.25) is 0 Å². The van der Waals surface area contributed by atoms with Crippen LogP contribution in [0.1, 0.15) is 0 Å². The van der Waals surface area contributed by atoms with Crippen LogP contribution in [0.4, 0.5) is 5.13 Å². The minimum atomic E-state index is 0.765. The maximum atomic E-state index is 4.32. The molecule has 2 rings (SSSR count). The Kier molecular flexibility index (Phi) is 2.41. The number of aliphatic imine (C=N–C) groups is 1. The van der Waals surface area contributed by atoms with Crippen LogP contribution in [-0.2, 0) is 0 Å². The standard InChI is InChI=1S/C9H10N4S/c1-13(2)6-11-9-12-7-5-10-4-3-8(7)14-9/h3-6H,1-2H3. The van der Waals surface area contributed by atoms with Gasteiger partial charge in [-0.3, -0.25) is 4.98 Å². The highest BCUT2D eigenvalue weighted by Crippen LogP contribution is 2.26. The second kappa shape index (κ2) is 3.71. The lowest BCUT2D eigenvalue weighted by Gasteiger charge is -1.99. The molecule has 0 aliphatic rings. The molecule has 0 amide bonds. The number of fused-ring (bicyclic) bond motifs is 1. The van der Waals surface area contributed by atoms with Gasteiger partial charge in [0.05, 0.1) is 17.2 Å². The molecule has 0 N–H and O–H groups in total. The van der Waals surface area contributed by atoms with Crippen LogP contribution in [0.3, 0.4) is 0 Å². The van der Waals surface area contributed by atoms with E-state index in [1.54, 1.807) is 30.1 Å². The van der Waals surface area contributed by atoms with Gasteiger partial charge in [-0.15, -0.1) is 0 Å². The average Bonchev–Trinajstić information content (AvgIpc) is 2.57. The second-order valence-corrected chi connectivity index (χ2v) is 4.06. The lowest BCUT2D eigenvalue weighted by molar-refractivity contribution is 0.643. The van der Waals surface area contributed by atoms with Crippen molar-refractivity contribution in [3.05, 3.63) is 18.5 Å². The molecule has 0 fully saturated rings. The van der Waals surface area contributed by atoms with Crippen LogP contribution in [0.15, 0.2) is 23.5 Å². The van der Waals surface area contributed by atoms with E-state index >= 15 is 0 Å². The molecule has 0 saturated heterocycles. The van der Waals surface area contributed by atoms with Crippen molar-refractivity contribution < 1.29 is 0 Å². The molecule has 0 bridgehead atoms. The molecule has 0 radical (unpaired) electrons. The van der Waals surface area contributed by atoms with Gasteiger partial charge < -0.3 is 4.90 Å². The summed E-state index contributed by atoms with van der Waals surface area (Å²) in [4.78, 5) is 14.4. The van der Waals surface area contributed by atoms with Crippen LogP contribution >= 0.6 is 11.3 Å². The Morgan fingerprint density at radius 1 is 1.50 bits per heavy atom. The molecule has 5 heteroatoms. The van der Waals surface area contributed by atoms with Gasteiger partial charge in [0.25, 0.3) is 0 Å². The molecular weight excluding hydrogens is 196 g/mol. The molecule has 2 heterocycles. The van der Waals surface area contributed by atoms with E-state index < -0.39 is 0 Å². The highest BCUT2D eigenvalue weighted by molar-refractivity contribution is 7.21. The Balaban J connectivity index is 2.36. The molecule has 0 aliphatic carbocycles. The molecule has 0 unspecified atom stereocenters. The fraction of sp³-hybridized carbons (Fsp3) is 0.222. The van der Waals surface area contributed by atoms with E-state index in [1.165, 1.54) is 0 Å². The molecule has 0 aromatic carbocycles. The van der Waals surface area contributed by atoms with E-state index in [9.17, 15) is 0 Å². The molecule has 0 spiro atoms. The largest absolute Gasteiger partial charge is 0.369 e. The van der Waals surface area contributed by atoms with E-state index in [2.05, 4.69) is 15.0 Å². The van der Waals surface area contributed by atoms with Gasteiger partial charge in [-0.2, -0.15) is 0 Å². The zero-order chi connectivity index (χ0) is 9.97. The fourth-order valence-electron chi connectivity index (χ4n) is 0.988. The third-order valence-electron chi connectivity index (χ3n) is 1.58. The van der Waals surface area contributed by atoms with Crippen molar-refractivity contribution >= 4 is 33.0 Å². The van der Waals surface area contributed by atoms with Crippen LogP contribution in [0.5, 0.6) is 0 Å². The Bertz CT molecular complexity index is 428. The predicted molar refractivity (Wildman–Crippen MR) is 59.3 cm³/mol. The monoisotopic (exact) mass is 206 g/mol. The second-order valence-electron chi connectivity index (χ2n) is 3.05. The van der Waals surface area contributed by atoms with E-state index in [1.807, 2.05) is 25.1 Å². The number of thiazole rings is 1. The first-order valence-corrected chi connectivity index (χ1v) is 4.98.